The van der Waals surface area contributed by atoms with Crippen LogP contribution in [0.2, 0.25) is 0 Å². The molecular weight excluding hydrogens is 228 g/mol. The first kappa shape index (κ1) is 12.6. The van der Waals surface area contributed by atoms with Gasteiger partial charge >= 0.3 is 0 Å². The zero-order valence-electron chi connectivity index (χ0n) is 10.9. The molecule has 0 aromatic carbocycles. The Labute approximate surface area is 107 Å². The zero-order valence-corrected chi connectivity index (χ0v) is 10.9. The minimum Gasteiger partial charge on any atom is -0.489 e. The van der Waals surface area contributed by atoms with Crippen LogP contribution in [-0.4, -0.2) is 11.1 Å². The summed E-state index contributed by atoms with van der Waals surface area (Å²) in [7, 11) is 0. The fraction of sp³-hybridized carbons (Fsp3) is 0.357. The molecule has 0 fully saturated rings. The Bertz CT molecular complexity index is 520. The number of pyridine rings is 1. The number of hydrogen-bond donors (Lipinski definition) is 1. The van der Waals surface area contributed by atoms with Gasteiger partial charge in [0.15, 0.2) is 0 Å². The topological polar surface area (TPSA) is 61.3 Å². The van der Waals surface area contributed by atoms with E-state index in [0.717, 1.165) is 22.8 Å². The van der Waals surface area contributed by atoms with Crippen molar-refractivity contribution in [3.05, 3.63) is 47.7 Å². The van der Waals surface area contributed by atoms with Crippen LogP contribution in [0.5, 0.6) is 5.75 Å². The summed E-state index contributed by atoms with van der Waals surface area (Å²) in [5.74, 6) is 2.31. The third-order valence-electron chi connectivity index (χ3n) is 2.53. The first-order valence-electron chi connectivity index (χ1n) is 6.00. The largest absolute Gasteiger partial charge is 0.489 e. The van der Waals surface area contributed by atoms with Gasteiger partial charge in [0.05, 0.1) is 18.3 Å². The average molecular weight is 246 g/mol. The van der Waals surface area contributed by atoms with Crippen molar-refractivity contribution >= 4 is 0 Å². The predicted molar refractivity (Wildman–Crippen MR) is 69.5 cm³/mol. The van der Waals surface area contributed by atoms with Gasteiger partial charge in [-0.05, 0) is 44.5 Å². The van der Waals surface area contributed by atoms with Crippen LogP contribution in [-0.2, 0) is 0 Å². The van der Waals surface area contributed by atoms with E-state index in [1.165, 1.54) is 0 Å². The maximum Gasteiger partial charge on any atom is 0.138 e. The standard InChI is InChI=1S/C14H18N2O2/c1-9(2)17-12-6-11(7-16-8-12)14(15)13-5-4-10(3)18-13/h4-9,14H,15H2,1-3H3. The Hall–Kier alpha value is -1.81. The molecule has 0 spiro atoms. The number of furan rings is 1. The van der Waals surface area contributed by atoms with Crippen LogP contribution >= 0.6 is 0 Å². The smallest absolute Gasteiger partial charge is 0.138 e. The fourth-order valence-electron chi connectivity index (χ4n) is 1.73. The van der Waals surface area contributed by atoms with Crippen LogP contribution in [0.15, 0.2) is 35.0 Å². The fourth-order valence-corrected chi connectivity index (χ4v) is 1.73. The molecule has 0 aliphatic rings. The molecule has 4 heteroatoms. The van der Waals surface area contributed by atoms with E-state index < -0.39 is 0 Å². The monoisotopic (exact) mass is 246 g/mol. The third-order valence-corrected chi connectivity index (χ3v) is 2.53. The number of nitrogens with zero attached hydrogens (tertiary/aromatic N) is 1. The molecule has 2 aromatic rings. The van der Waals surface area contributed by atoms with Crippen LogP contribution in [0.1, 0.15) is 37.0 Å². The van der Waals surface area contributed by atoms with Crippen molar-refractivity contribution in [1.29, 1.82) is 0 Å². The number of ether oxygens (including phenoxy) is 1. The molecule has 0 aliphatic heterocycles. The summed E-state index contributed by atoms with van der Waals surface area (Å²) in [6, 6.07) is 5.37. The molecule has 1 unspecified atom stereocenters. The minimum atomic E-state index is -0.318. The predicted octanol–water partition coefficient (Wildman–Crippen LogP) is 2.82. The molecule has 2 N–H and O–H groups in total. The highest BCUT2D eigenvalue weighted by molar-refractivity contribution is 5.30. The van der Waals surface area contributed by atoms with Crippen molar-refractivity contribution in [1.82, 2.24) is 4.98 Å². The molecule has 96 valence electrons. The van der Waals surface area contributed by atoms with Gasteiger partial charge in [0.1, 0.15) is 17.3 Å². The van der Waals surface area contributed by atoms with Crippen molar-refractivity contribution < 1.29 is 9.15 Å². The molecule has 2 rings (SSSR count). The van der Waals surface area contributed by atoms with Gasteiger partial charge < -0.3 is 14.9 Å². The van der Waals surface area contributed by atoms with Crippen molar-refractivity contribution in [2.24, 2.45) is 5.73 Å². The minimum absolute atomic E-state index is 0.115. The molecule has 0 aliphatic carbocycles. The van der Waals surface area contributed by atoms with E-state index in [1.807, 2.05) is 39.0 Å². The molecule has 0 bridgehead atoms. The zero-order chi connectivity index (χ0) is 13.1. The van der Waals surface area contributed by atoms with Crippen LogP contribution in [0.4, 0.5) is 0 Å². The van der Waals surface area contributed by atoms with Crippen LogP contribution in [0.3, 0.4) is 0 Å². The highest BCUT2D eigenvalue weighted by atomic mass is 16.5. The van der Waals surface area contributed by atoms with Gasteiger partial charge in [-0.3, -0.25) is 4.98 Å². The summed E-state index contributed by atoms with van der Waals surface area (Å²) in [5, 5.41) is 0. The van der Waals surface area contributed by atoms with Crippen molar-refractivity contribution in [2.75, 3.05) is 0 Å². The van der Waals surface area contributed by atoms with Crippen molar-refractivity contribution in [3.63, 3.8) is 0 Å². The number of hydrogen-bond acceptors (Lipinski definition) is 4. The second-order valence-electron chi connectivity index (χ2n) is 4.55. The molecule has 0 saturated carbocycles. The lowest BCUT2D eigenvalue weighted by molar-refractivity contribution is 0.241. The highest BCUT2D eigenvalue weighted by Crippen LogP contribution is 2.24. The number of aryl methyl sites for hydroxylation is 1. The second-order valence-corrected chi connectivity index (χ2v) is 4.55. The summed E-state index contributed by atoms with van der Waals surface area (Å²) in [4.78, 5) is 4.14. The van der Waals surface area contributed by atoms with E-state index in [0.29, 0.717) is 0 Å². The van der Waals surface area contributed by atoms with Gasteiger partial charge in [0.25, 0.3) is 0 Å². The maximum absolute atomic E-state index is 6.14. The molecule has 0 amide bonds. The molecular formula is C14H18N2O2. The van der Waals surface area contributed by atoms with E-state index in [-0.39, 0.29) is 12.1 Å². The second kappa shape index (κ2) is 5.23. The Morgan fingerprint density at radius 3 is 2.67 bits per heavy atom. The summed E-state index contributed by atoms with van der Waals surface area (Å²) in [5.41, 5.74) is 7.02. The van der Waals surface area contributed by atoms with E-state index in [4.69, 9.17) is 14.9 Å². The lowest BCUT2D eigenvalue weighted by atomic mass is 10.1. The first-order valence-corrected chi connectivity index (χ1v) is 6.00. The lowest BCUT2D eigenvalue weighted by Crippen LogP contribution is -2.12. The summed E-state index contributed by atoms with van der Waals surface area (Å²) < 4.78 is 11.1. The molecule has 4 nitrogen and oxygen atoms in total. The molecule has 0 radical (unpaired) electrons. The Morgan fingerprint density at radius 1 is 1.28 bits per heavy atom. The van der Waals surface area contributed by atoms with Gasteiger partial charge in [-0.15, -0.1) is 0 Å². The van der Waals surface area contributed by atoms with E-state index in [2.05, 4.69) is 4.98 Å². The van der Waals surface area contributed by atoms with E-state index >= 15 is 0 Å². The highest BCUT2D eigenvalue weighted by Gasteiger charge is 2.14. The van der Waals surface area contributed by atoms with Gasteiger partial charge in [0.2, 0.25) is 0 Å². The third kappa shape index (κ3) is 2.90. The summed E-state index contributed by atoms with van der Waals surface area (Å²) in [6.07, 6.45) is 3.53. The van der Waals surface area contributed by atoms with Crippen molar-refractivity contribution in [3.8, 4) is 5.75 Å². The van der Waals surface area contributed by atoms with Crippen LogP contribution in [0.25, 0.3) is 0 Å². The summed E-state index contributed by atoms with van der Waals surface area (Å²) >= 11 is 0. The Kier molecular flexibility index (Phi) is 3.67. The Morgan fingerprint density at radius 2 is 2.06 bits per heavy atom. The summed E-state index contributed by atoms with van der Waals surface area (Å²) in [6.45, 7) is 5.84. The molecule has 2 heterocycles. The van der Waals surface area contributed by atoms with Gasteiger partial charge in [-0.1, -0.05) is 0 Å². The first-order chi connectivity index (χ1) is 8.56. The van der Waals surface area contributed by atoms with E-state index in [9.17, 15) is 0 Å². The van der Waals surface area contributed by atoms with Crippen LogP contribution < -0.4 is 10.5 Å². The quantitative estimate of drug-likeness (QED) is 0.901. The van der Waals surface area contributed by atoms with E-state index in [1.54, 1.807) is 12.4 Å². The molecule has 18 heavy (non-hydrogen) atoms. The van der Waals surface area contributed by atoms with Gasteiger partial charge in [-0.25, -0.2) is 0 Å². The lowest BCUT2D eigenvalue weighted by Gasteiger charge is -2.13. The normalized spacial score (nSPS) is 12.7. The number of aromatic nitrogens is 1. The van der Waals surface area contributed by atoms with Crippen LogP contribution in [0, 0.1) is 6.92 Å². The molecule has 2 aromatic heterocycles. The average Bonchev–Trinajstić information content (AvgIpc) is 2.74. The SMILES string of the molecule is Cc1ccc(C(N)c2cncc(OC(C)C)c2)o1. The van der Waals surface area contributed by atoms with Gasteiger partial charge in [-0.2, -0.15) is 0 Å². The number of nitrogens with two attached hydrogens (primary N) is 1. The maximum atomic E-state index is 6.14. The molecule has 0 saturated heterocycles. The molecule has 1 atom stereocenters. The Balaban J connectivity index is 2.22. The van der Waals surface area contributed by atoms with Gasteiger partial charge in [0, 0.05) is 6.20 Å². The van der Waals surface area contributed by atoms with Crippen molar-refractivity contribution in [2.45, 2.75) is 32.9 Å². The number of rotatable bonds is 4.